The van der Waals surface area contributed by atoms with Crippen molar-refractivity contribution in [3.63, 3.8) is 0 Å². The number of aliphatic hydroxyl groups is 1. The Kier molecular flexibility index (Phi) is 4.95. The highest BCUT2D eigenvalue weighted by molar-refractivity contribution is 4.41. The molecule has 3 nitrogen and oxygen atoms in total. The lowest BCUT2D eigenvalue weighted by Gasteiger charge is -2.04. The molecule has 0 aliphatic carbocycles. The van der Waals surface area contributed by atoms with Crippen molar-refractivity contribution in [3.05, 3.63) is 0 Å². The smallest absolute Gasteiger partial charge is 0.154 e. The van der Waals surface area contributed by atoms with Gasteiger partial charge in [-0.05, 0) is 19.4 Å². The highest BCUT2D eigenvalue weighted by Crippen LogP contribution is 1.93. The first-order valence-electron chi connectivity index (χ1n) is 2.72. The Morgan fingerprint density at radius 1 is 1.75 bits per heavy atom. The van der Waals surface area contributed by atoms with Gasteiger partial charge in [0.2, 0.25) is 0 Å². The van der Waals surface area contributed by atoms with E-state index in [9.17, 15) is 0 Å². The Morgan fingerprint density at radius 3 is 2.75 bits per heavy atom. The molecule has 0 aliphatic heterocycles. The fraction of sp³-hybridized carbons (Fsp3) is 1.00. The van der Waals surface area contributed by atoms with Crippen molar-refractivity contribution in [2.45, 2.75) is 19.1 Å². The predicted molar refractivity (Wildman–Crippen MR) is 31.3 cm³/mol. The normalized spacial score (nSPS) is 13.9. The second-order valence-electron chi connectivity index (χ2n) is 1.62. The lowest BCUT2D eigenvalue weighted by molar-refractivity contribution is -0.0786. The molecule has 3 N–H and O–H groups in total. The second-order valence-corrected chi connectivity index (χ2v) is 1.62. The van der Waals surface area contributed by atoms with E-state index in [1.165, 1.54) is 7.11 Å². The van der Waals surface area contributed by atoms with Crippen LogP contribution < -0.4 is 5.73 Å². The van der Waals surface area contributed by atoms with Crippen molar-refractivity contribution in [2.75, 3.05) is 13.7 Å². The molecule has 0 bridgehead atoms. The molecule has 0 fully saturated rings. The maximum absolute atomic E-state index is 8.71. The molecule has 0 spiro atoms. The number of rotatable bonds is 4. The first-order valence-corrected chi connectivity index (χ1v) is 2.72. The van der Waals surface area contributed by atoms with E-state index in [4.69, 9.17) is 10.8 Å². The third-order valence-corrected chi connectivity index (χ3v) is 0.927. The Hall–Kier alpha value is -0.120. The second kappa shape index (κ2) is 5.03. The van der Waals surface area contributed by atoms with Crippen LogP contribution in [0.1, 0.15) is 12.8 Å². The van der Waals surface area contributed by atoms with Crippen LogP contribution in [0.15, 0.2) is 0 Å². The van der Waals surface area contributed by atoms with Crippen molar-refractivity contribution >= 4 is 0 Å². The number of hydrogen-bond acceptors (Lipinski definition) is 3. The number of methoxy groups -OCH3 is 1. The summed E-state index contributed by atoms with van der Waals surface area (Å²) in [5.74, 6) is 0. The van der Waals surface area contributed by atoms with Crippen molar-refractivity contribution < 1.29 is 9.84 Å². The molecule has 0 rings (SSSR count). The minimum Gasteiger partial charge on any atom is -0.368 e. The Labute approximate surface area is 49.4 Å². The minimum absolute atomic E-state index is 0.612. The molecule has 0 aromatic carbocycles. The molecule has 0 saturated heterocycles. The van der Waals surface area contributed by atoms with Crippen LogP contribution in [0.3, 0.4) is 0 Å². The van der Waals surface area contributed by atoms with Crippen LogP contribution >= 0.6 is 0 Å². The van der Waals surface area contributed by atoms with Gasteiger partial charge >= 0.3 is 0 Å². The van der Waals surface area contributed by atoms with Crippen LogP contribution in [0.4, 0.5) is 0 Å². The van der Waals surface area contributed by atoms with Gasteiger partial charge in [0, 0.05) is 7.11 Å². The van der Waals surface area contributed by atoms with Crippen LogP contribution in [0.5, 0.6) is 0 Å². The topological polar surface area (TPSA) is 55.5 Å². The van der Waals surface area contributed by atoms with Gasteiger partial charge in [-0.25, -0.2) is 0 Å². The molecule has 0 saturated carbocycles. The molecule has 0 aliphatic rings. The van der Waals surface area contributed by atoms with E-state index in [1.54, 1.807) is 0 Å². The molecule has 0 heterocycles. The van der Waals surface area contributed by atoms with E-state index in [1.807, 2.05) is 0 Å². The summed E-state index contributed by atoms with van der Waals surface area (Å²) in [6.07, 6.45) is 0.820. The lowest BCUT2D eigenvalue weighted by atomic mass is 10.3. The number of ether oxygens (including phenoxy) is 1. The summed E-state index contributed by atoms with van der Waals surface area (Å²) in [6.45, 7) is 0.612. The summed E-state index contributed by atoms with van der Waals surface area (Å²) in [7, 11) is 1.47. The third kappa shape index (κ3) is 4.05. The molecule has 1 unspecified atom stereocenters. The highest BCUT2D eigenvalue weighted by atomic mass is 16.6. The van der Waals surface area contributed by atoms with E-state index in [0.717, 1.165) is 6.42 Å². The van der Waals surface area contributed by atoms with Crippen molar-refractivity contribution in [1.82, 2.24) is 0 Å². The third-order valence-electron chi connectivity index (χ3n) is 0.927. The fourth-order valence-corrected chi connectivity index (χ4v) is 0.410. The zero-order valence-electron chi connectivity index (χ0n) is 5.13. The Bertz CT molecular complexity index is 49.7. The Balaban J connectivity index is 2.86. The molecule has 0 amide bonds. The summed E-state index contributed by atoms with van der Waals surface area (Å²) in [4.78, 5) is 0. The highest BCUT2D eigenvalue weighted by Gasteiger charge is 1.96. The molecule has 0 aromatic heterocycles. The molecule has 3 heteroatoms. The van der Waals surface area contributed by atoms with Crippen LogP contribution in [0, 0.1) is 0 Å². The quantitative estimate of drug-likeness (QED) is 0.499. The van der Waals surface area contributed by atoms with E-state index >= 15 is 0 Å². The number of hydrogen-bond donors (Lipinski definition) is 2. The first kappa shape index (κ1) is 7.88. The average Bonchev–Trinajstić information content (AvgIpc) is 1.83. The molecule has 0 radical (unpaired) electrons. The minimum atomic E-state index is -0.626. The van der Waals surface area contributed by atoms with E-state index < -0.39 is 6.29 Å². The summed E-state index contributed by atoms with van der Waals surface area (Å²) in [6, 6.07) is 0. The largest absolute Gasteiger partial charge is 0.368 e. The van der Waals surface area contributed by atoms with Crippen LogP contribution in [0.2, 0.25) is 0 Å². The van der Waals surface area contributed by atoms with Gasteiger partial charge in [0.05, 0.1) is 0 Å². The van der Waals surface area contributed by atoms with Crippen LogP contribution in [0.25, 0.3) is 0 Å². The summed E-state index contributed by atoms with van der Waals surface area (Å²) >= 11 is 0. The number of nitrogens with two attached hydrogens (primary N) is 1. The molecular formula is C5H13NO2. The molecule has 50 valence electrons. The van der Waals surface area contributed by atoms with Gasteiger partial charge in [-0.3, -0.25) is 0 Å². The SMILES string of the molecule is COC(O)CCCN. The molecule has 1 atom stereocenters. The number of aliphatic hydroxyl groups excluding tert-OH is 1. The maximum Gasteiger partial charge on any atom is 0.154 e. The monoisotopic (exact) mass is 119 g/mol. The zero-order chi connectivity index (χ0) is 6.41. The molecule has 0 aromatic rings. The van der Waals surface area contributed by atoms with Gasteiger partial charge in [0.25, 0.3) is 0 Å². The average molecular weight is 119 g/mol. The van der Waals surface area contributed by atoms with Gasteiger partial charge in [0.1, 0.15) is 0 Å². The summed E-state index contributed by atoms with van der Waals surface area (Å²) < 4.78 is 4.55. The molecule has 8 heavy (non-hydrogen) atoms. The van der Waals surface area contributed by atoms with Gasteiger partial charge in [-0.2, -0.15) is 0 Å². The van der Waals surface area contributed by atoms with Crippen molar-refractivity contribution in [3.8, 4) is 0 Å². The van der Waals surface area contributed by atoms with E-state index in [0.29, 0.717) is 13.0 Å². The van der Waals surface area contributed by atoms with E-state index in [2.05, 4.69) is 4.74 Å². The fourth-order valence-electron chi connectivity index (χ4n) is 0.410. The lowest BCUT2D eigenvalue weighted by Crippen LogP contribution is -2.11. The standard InChI is InChI=1S/C5H13NO2/c1-8-5(7)3-2-4-6/h5,7H,2-4,6H2,1H3. The zero-order valence-corrected chi connectivity index (χ0v) is 5.13. The first-order chi connectivity index (χ1) is 3.81. The van der Waals surface area contributed by atoms with Gasteiger partial charge in [-0.15, -0.1) is 0 Å². The van der Waals surface area contributed by atoms with E-state index in [-0.39, 0.29) is 0 Å². The van der Waals surface area contributed by atoms with Gasteiger partial charge in [-0.1, -0.05) is 0 Å². The summed E-state index contributed by atoms with van der Waals surface area (Å²) in [5, 5.41) is 8.71. The van der Waals surface area contributed by atoms with Crippen LogP contribution in [-0.4, -0.2) is 25.1 Å². The maximum atomic E-state index is 8.71. The van der Waals surface area contributed by atoms with Gasteiger partial charge in [0.15, 0.2) is 6.29 Å². The van der Waals surface area contributed by atoms with Crippen molar-refractivity contribution in [2.24, 2.45) is 5.73 Å². The van der Waals surface area contributed by atoms with Gasteiger partial charge < -0.3 is 15.6 Å². The Morgan fingerprint density at radius 2 is 2.38 bits per heavy atom. The molecular weight excluding hydrogens is 106 g/mol. The van der Waals surface area contributed by atoms with Crippen LogP contribution in [-0.2, 0) is 4.74 Å². The van der Waals surface area contributed by atoms with Crippen molar-refractivity contribution in [1.29, 1.82) is 0 Å². The summed E-state index contributed by atoms with van der Waals surface area (Å²) in [5.41, 5.74) is 5.16. The predicted octanol–water partition coefficient (Wildman–Crippen LogP) is -0.310.